The fourth-order valence-electron chi connectivity index (χ4n) is 2.16. The molecular formula is C13H14O4. The molecule has 2 heterocycles. The van der Waals surface area contributed by atoms with E-state index in [4.69, 9.17) is 14.2 Å². The van der Waals surface area contributed by atoms with E-state index in [0.717, 1.165) is 17.1 Å². The Morgan fingerprint density at radius 1 is 1.06 bits per heavy atom. The topological polar surface area (TPSA) is 44.8 Å². The first-order chi connectivity index (χ1) is 8.33. The third-order valence-electron chi connectivity index (χ3n) is 3.05. The summed E-state index contributed by atoms with van der Waals surface area (Å²) >= 11 is 0. The van der Waals surface area contributed by atoms with E-state index in [1.807, 2.05) is 18.2 Å². The lowest BCUT2D eigenvalue weighted by atomic mass is 10.00. The molecule has 0 N–H and O–H groups in total. The van der Waals surface area contributed by atoms with Crippen LogP contribution in [0.25, 0.3) is 0 Å². The predicted octanol–water partition coefficient (Wildman–Crippen LogP) is 1.88. The number of ether oxygens (including phenoxy) is 3. The molecule has 0 spiro atoms. The summed E-state index contributed by atoms with van der Waals surface area (Å²) in [7, 11) is 0. The number of hydrogen-bond acceptors (Lipinski definition) is 4. The number of rotatable bonds is 1. The zero-order valence-corrected chi connectivity index (χ0v) is 9.48. The van der Waals surface area contributed by atoms with Crippen LogP contribution in [0.15, 0.2) is 18.2 Å². The first kappa shape index (κ1) is 10.6. The summed E-state index contributed by atoms with van der Waals surface area (Å²) in [5.74, 6) is 1.77. The van der Waals surface area contributed by atoms with E-state index >= 15 is 0 Å². The fraction of sp³-hybridized carbons (Fsp3) is 0.462. The van der Waals surface area contributed by atoms with Crippen molar-refractivity contribution < 1.29 is 19.0 Å². The summed E-state index contributed by atoms with van der Waals surface area (Å²) in [5.41, 5.74) is 0.988. The van der Waals surface area contributed by atoms with Gasteiger partial charge in [-0.3, -0.25) is 4.79 Å². The Bertz CT molecular complexity index is 441. The Labute approximate surface area is 99.5 Å². The molecule has 2 aliphatic rings. The van der Waals surface area contributed by atoms with Gasteiger partial charge in [0, 0.05) is 12.8 Å². The van der Waals surface area contributed by atoms with Gasteiger partial charge in [-0.25, -0.2) is 0 Å². The highest BCUT2D eigenvalue weighted by atomic mass is 16.6. The van der Waals surface area contributed by atoms with Crippen LogP contribution in [0.2, 0.25) is 0 Å². The largest absolute Gasteiger partial charge is 0.486 e. The molecule has 2 aliphatic heterocycles. The minimum absolute atomic E-state index is 0.132. The molecule has 0 aliphatic carbocycles. The predicted molar refractivity (Wildman–Crippen MR) is 60.4 cm³/mol. The number of ketones is 1. The van der Waals surface area contributed by atoms with Crippen LogP contribution in [0.3, 0.4) is 0 Å². The summed E-state index contributed by atoms with van der Waals surface area (Å²) < 4.78 is 16.6. The Morgan fingerprint density at radius 3 is 2.71 bits per heavy atom. The minimum atomic E-state index is -0.132. The van der Waals surface area contributed by atoms with Crippen LogP contribution in [0.1, 0.15) is 24.5 Å². The third-order valence-corrected chi connectivity index (χ3v) is 3.05. The van der Waals surface area contributed by atoms with E-state index in [9.17, 15) is 4.79 Å². The molecule has 1 aromatic rings. The summed E-state index contributed by atoms with van der Waals surface area (Å²) in [6.45, 7) is 1.67. The fourth-order valence-corrected chi connectivity index (χ4v) is 2.16. The molecule has 4 heteroatoms. The van der Waals surface area contributed by atoms with Crippen molar-refractivity contribution in [1.29, 1.82) is 0 Å². The van der Waals surface area contributed by atoms with Crippen molar-refractivity contribution in [2.75, 3.05) is 19.8 Å². The van der Waals surface area contributed by atoms with Crippen LogP contribution in [-0.2, 0) is 9.53 Å². The number of benzene rings is 1. The first-order valence-electron chi connectivity index (χ1n) is 5.86. The highest BCUT2D eigenvalue weighted by molar-refractivity contribution is 5.79. The van der Waals surface area contributed by atoms with Gasteiger partial charge >= 0.3 is 0 Å². The zero-order valence-electron chi connectivity index (χ0n) is 9.48. The van der Waals surface area contributed by atoms with Crippen LogP contribution in [0, 0.1) is 0 Å². The van der Waals surface area contributed by atoms with Crippen LogP contribution < -0.4 is 9.47 Å². The molecule has 1 unspecified atom stereocenters. The van der Waals surface area contributed by atoms with E-state index in [1.54, 1.807) is 0 Å². The van der Waals surface area contributed by atoms with Gasteiger partial charge in [-0.15, -0.1) is 0 Å². The minimum Gasteiger partial charge on any atom is -0.486 e. The lowest BCUT2D eigenvalue weighted by molar-refractivity contribution is -0.128. The van der Waals surface area contributed by atoms with Gasteiger partial charge in [0.05, 0.1) is 12.7 Å². The second-order valence-electron chi connectivity index (χ2n) is 4.26. The Hall–Kier alpha value is -1.55. The van der Waals surface area contributed by atoms with Gasteiger partial charge in [0.25, 0.3) is 0 Å². The quantitative estimate of drug-likeness (QED) is 0.744. The molecule has 90 valence electrons. The number of fused-ring (bicyclic) bond motifs is 1. The van der Waals surface area contributed by atoms with Crippen molar-refractivity contribution in [2.45, 2.75) is 18.9 Å². The average molecular weight is 234 g/mol. The summed E-state index contributed by atoms with van der Waals surface area (Å²) in [6.07, 6.45) is 0.854. The van der Waals surface area contributed by atoms with E-state index in [1.165, 1.54) is 0 Å². The summed E-state index contributed by atoms with van der Waals surface area (Å²) in [4.78, 5) is 11.4. The van der Waals surface area contributed by atoms with Crippen molar-refractivity contribution >= 4 is 5.78 Å². The number of Topliss-reactive ketones (excluding diaryl/α,β-unsaturated/α-hetero) is 1. The Kier molecular flexibility index (Phi) is 2.73. The van der Waals surface area contributed by atoms with Gasteiger partial charge in [-0.05, 0) is 17.7 Å². The van der Waals surface area contributed by atoms with E-state index in [2.05, 4.69) is 0 Å². The molecule has 0 amide bonds. The van der Waals surface area contributed by atoms with Crippen molar-refractivity contribution in [3.8, 4) is 11.5 Å². The second-order valence-corrected chi connectivity index (χ2v) is 4.26. The molecule has 0 bridgehead atoms. The van der Waals surface area contributed by atoms with E-state index < -0.39 is 0 Å². The van der Waals surface area contributed by atoms with Crippen molar-refractivity contribution in [3.63, 3.8) is 0 Å². The van der Waals surface area contributed by atoms with Gasteiger partial charge in [0.15, 0.2) is 11.5 Å². The Morgan fingerprint density at radius 2 is 1.88 bits per heavy atom. The maximum Gasteiger partial charge on any atom is 0.161 e. The smallest absolute Gasteiger partial charge is 0.161 e. The van der Waals surface area contributed by atoms with E-state index in [-0.39, 0.29) is 11.9 Å². The van der Waals surface area contributed by atoms with Crippen LogP contribution in [0.4, 0.5) is 0 Å². The third kappa shape index (κ3) is 2.13. The molecule has 1 aromatic carbocycles. The molecular weight excluding hydrogens is 220 g/mol. The summed E-state index contributed by atoms with van der Waals surface area (Å²) in [6, 6.07) is 5.74. The maximum atomic E-state index is 11.4. The molecule has 1 saturated heterocycles. The van der Waals surface area contributed by atoms with Crippen molar-refractivity contribution in [1.82, 2.24) is 0 Å². The lowest BCUT2D eigenvalue weighted by Crippen LogP contribution is -2.20. The summed E-state index contributed by atoms with van der Waals surface area (Å²) in [5, 5.41) is 0. The SMILES string of the molecule is O=C1CCOC(c2ccc3c(c2)OCCO3)C1. The first-order valence-corrected chi connectivity index (χ1v) is 5.86. The van der Waals surface area contributed by atoms with Crippen LogP contribution in [-0.4, -0.2) is 25.6 Å². The van der Waals surface area contributed by atoms with E-state index in [0.29, 0.717) is 32.7 Å². The molecule has 0 saturated carbocycles. The number of carbonyl (C=O) groups is 1. The van der Waals surface area contributed by atoms with Gasteiger partial charge in [-0.2, -0.15) is 0 Å². The number of hydrogen-bond donors (Lipinski definition) is 0. The van der Waals surface area contributed by atoms with Gasteiger partial charge in [-0.1, -0.05) is 6.07 Å². The van der Waals surface area contributed by atoms with Gasteiger partial charge in [0.2, 0.25) is 0 Å². The number of carbonyl (C=O) groups excluding carboxylic acids is 1. The Balaban J connectivity index is 1.85. The maximum absolute atomic E-state index is 11.4. The molecule has 1 atom stereocenters. The highest BCUT2D eigenvalue weighted by Gasteiger charge is 2.23. The second kappa shape index (κ2) is 4.37. The standard InChI is InChI=1S/C13H14O4/c14-10-3-4-15-12(8-10)9-1-2-11-13(7-9)17-6-5-16-11/h1-2,7,12H,3-6,8H2. The van der Waals surface area contributed by atoms with Crippen molar-refractivity contribution in [2.24, 2.45) is 0 Å². The average Bonchev–Trinajstić information content (AvgIpc) is 2.38. The van der Waals surface area contributed by atoms with Crippen LogP contribution in [0.5, 0.6) is 11.5 Å². The normalized spacial score (nSPS) is 23.5. The molecule has 17 heavy (non-hydrogen) atoms. The molecule has 1 fully saturated rings. The monoisotopic (exact) mass is 234 g/mol. The van der Waals surface area contributed by atoms with Gasteiger partial charge in [0.1, 0.15) is 19.0 Å². The lowest BCUT2D eigenvalue weighted by Gasteiger charge is -2.24. The zero-order chi connectivity index (χ0) is 11.7. The molecule has 0 radical (unpaired) electrons. The molecule has 4 nitrogen and oxygen atoms in total. The van der Waals surface area contributed by atoms with Gasteiger partial charge < -0.3 is 14.2 Å². The van der Waals surface area contributed by atoms with Crippen molar-refractivity contribution in [3.05, 3.63) is 23.8 Å². The molecule has 3 rings (SSSR count). The highest BCUT2D eigenvalue weighted by Crippen LogP contribution is 2.35. The van der Waals surface area contributed by atoms with Crippen LogP contribution >= 0.6 is 0 Å². The molecule has 0 aromatic heterocycles.